The standard InChI is InChI=1S/C5H11NOS/c1-2-8-4-5(6)3-7/h3,5H,2,4,6H2,1H3. The van der Waals surface area contributed by atoms with Crippen LogP contribution in [0.5, 0.6) is 0 Å². The van der Waals surface area contributed by atoms with E-state index in [9.17, 15) is 4.79 Å². The first-order chi connectivity index (χ1) is 3.81. The van der Waals surface area contributed by atoms with Crippen LogP contribution in [0.25, 0.3) is 0 Å². The molecule has 1 atom stereocenters. The van der Waals surface area contributed by atoms with Crippen LogP contribution in [0.4, 0.5) is 0 Å². The van der Waals surface area contributed by atoms with E-state index in [4.69, 9.17) is 5.73 Å². The number of carbonyl (C=O) groups is 1. The minimum absolute atomic E-state index is 0.264. The quantitative estimate of drug-likeness (QED) is 0.560. The monoisotopic (exact) mass is 133 g/mol. The Morgan fingerprint density at radius 3 is 2.88 bits per heavy atom. The third-order valence-corrected chi connectivity index (χ3v) is 1.72. The smallest absolute Gasteiger partial charge is 0.137 e. The van der Waals surface area contributed by atoms with Gasteiger partial charge in [-0.3, -0.25) is 0 Å². The molecule has 0 aromatic heterocycles. The molecule has 2 nitrogen and oxygen atoms in total. The molecule has 0 aromatic carbocycles. The molecule has 0 aliphatic carbocycles. The summed E-state index contributed by atoms with van der Waals surface area (Å²) in [6, 6.07) is -0.264. The second-order valence-corrected chi connectivity index (χ2v) is 2.78. The Morgan fingerprint density at radius 2 is 2.50 bits per heavy atom. The van der Waals surface area contributed by atoms with Crippen LogP contribution >= 0.6 is 11.8 Å². The highest BCUT2D eigenvalue weighted by Gasteiger charge is 1.95. The number of aldehydes is 1. The van der Waals surface area contributed by atoms with Crippen LogP contribution < -0.4 is 5.73 Å². The van der Waals surface area contributed by atoms with E-state index in [1.54, 1.807) is 11.8 Å². The Labute approximate surface area is 53.8 Å². The first-order valence-corrected chi connectivity index (χ1v) is 3.75. The highest BCUT2D eigenvalue weighted by atomic mass is 32.2. The molecule has 0 bridgehead atoms. The third kappa shape index (κ3) is 4.15. The average Bonchev–Trinajstić information content (AvgIpc) is 1.83. The van der Waals surface area contributed by atoms with Crippen molar-refractivity contribution in [3.05, 3.63) is 0 Å². The summed E-state index contributed by atoms with van der Waals surface area (Å²) >= 11 is 1.68. The molecule has 0 aliphatic rings. The van der Waals surface area contributed by atoms with Crippen molar-refractivity contribution in [1.29, 1.82) is 0 Å². The predicted molar refractivity (Wildman–Crippen MR) is 37.0 cm³/mol. The van der Waals surface area contributed by atoms with Crippen LogP contribution in [0.1, 0.15) is 6.92 Å². The maximum absolute atomic E-state index is 9.87. The Kier molecular flexibility index (Phi) is 5.11. The number of hydrogen-bond acceptors (Lipinski definition) is 3. The van der Waals surface area contributed by atoms with Gasteiger partial charge in [0.1, 0.15) is 6.29 Å². The van der Waals surface area contributed by atoms with Gasteiger partial charge < -0.3 is 10.5 Å². The van der Waals surface area contributed by atoms with Gasteiger partial charge in [0.15, 0.2) is 0 Å². The van der Waals surface area contributed by atoms with Crippen LogP contribution in [0, 0.1) is 0 Å². The topological polar surface area (TPSA) is 43.1 Å². The molecule has 3 heteroatoms. The van der Waals surface area contributed by atoms with Crippen LogP contribution in [0.15, 0.2) is 0 Å². The van der Waals surface area contributed by atoms with Crippen LogP contribution in [-0.2, 0) is 4.79 Å². The zero-order valence-corrected chi connectivity index (χ0v) is 5.78. The summed E-state index contributed by atoms with van der Waals surface area (Å²) in [6.45, 7) is 2.04. The molecule has 48 valence electrons. The van der Waals surface area contributed by atoms with Gasteiger partial charge in [0.25, 0.3) is 0 Å². The minimum atomic E-state index is -0.264. The SMILES string of the molecule is CCSCC(N)C=O. The largest absolute Gasteiger partial charge is 0.321 e. The highest BCUT2D eigenvalue weighted by molar-refractivity contribution is 7.99. The van der Waals surface area contributed by atoms with Gasteiger partial charge in [-0.1, -0.05) is 6.92 Å². The fourth-order valence-corrected chi connectivity index (χ4v) is 0.880. The molecular weight excluding hydrogens is 122 g/mol. The summed E-state index contributed by atoms with van der Waals surface area (Å²) in [5.74, 6) is 1.78. The molecule has 0 heterocycles. The molecule has 0 aromatic rings. The van der Waals surface area contributed by atoms with Crippen LogP contribution in [0.2, 0.25) is 0 Å². The second-order valence-electron chi connectivity index (χ2n) is 1.46. The van der Waals surface area contributed by atoms with Gasteiger partial charge in [0.2, 0.25) is 0 Å². The zero-order chi connectivity index (χ0) is 6.41. The van der Waals surface area contributed by atoms with E-state index in [2.05, 4.69) is 0 Å². The van der Waals surface area contributed by atoms with Crippen molar-refractivity contribution >= 4 is 18.0 Å². The van der Waals surface area contributed by atoms with Crippen molar-refractivity contribution in [2.24, 2.45) is 5.73 Å². The fraction of sp³-hybridized carbons (Fsp3) is 0.800. The zero-order valence-electron chi connectivity index (χ0n) is 4.96. The summed E-state index contributed by atoms with van der Waals surface area (Å²) in [5.41, 5.74) is 5.27. The molecule has 8 heavy (non-hydrogen) atoms. The molecule has 0 radical (unpaired) electrons. The molecular formula is C5H11NOS. The van der Waals surface area contributed by atoms with Crippen molar-refractivity contribution in [2.75, 3.05) is 11.5 Å². The average molecular weight is 133 g/mol. The van der Waals surface area contributed by atoms with E-state index in [1.807, 2.05) is 6.92 Å². The maximum atomic E-state index is 9.87. The first-order valence-electron chi connectivity index (χ1n) is 2.60. The summed E-state index contributed by atoms with van der Waals surface area (Å²) in [7, 11) is 0. The number of carbonyl (C=O) groups excluding carboxylic acids is 1. The predicted octanol–water partition coefficient (Wildman–Crippen LogP) is 0.266. The van der Waals surface area contributed by atoms with Gasteiger partial charge in [-0.05, 0) is 5.75 Å². The molecule has 0 spiro atoms. The van der Waals surface area contributed by atoms with E-state index in [0.717, 1.165) is 17.8 Å². The lowest BCUT2D eigenvalue weighted by atomic mass is 10.4. The van der Waals surface area contributed by atoms with Crippen molar-refractivity contribution in [2.45, 2.75) is 13.0 Å². The third-order valence-electron chi connectivity index (χ3n) is 0.689. The van der Waals surface area contributed by atoms with E-state index >= 15 is 0 Å². The molecule has 0 aliphatic heterocycles. The number of nitrogens with two attached hydrogens (primary N) is 1. The van der Waals surface area contributed by atoms with Gasteiger partial charge in [0, 0.05) is 5.75 Å². The van der Waals surface area contributed by atoms with Crippen LogP contribution in [-0.4, -0.2) is 23.8 Å². The molecule has 0 fully saturated rings. The minimum Gasteiger partial charge on any atom is -0.321 e. The molecule has 2 N–H and O–H groups in total. The molecule has 0 saturated heterocycles. The summed E-state index contributed by atoms with van der Waals surface area (Å²) in [4.78, 5) is 9.87. The van der Waals surface area contributed by atoms with Gasteiger partial charge in [-0.2, -0.15) is 11.8 Å². The Morgan fingerprint density at radius 1 is 1.88 bits per heavy atom. The molecule has 0 amide bonds. The lowest BCUT2D eigenvalue weighted by molar-refractivity contribution is -0.108. The van der Waals surface area contributed by atoms with Gasteiger partial charge in [-0.25, -0.2) is 0 Å². The Hall–Kier alpha value is -0.0200. The first kappa shape index (κ1) is 7.98. The fourth-order valence-electron chi connectivity index (χ4n) is 0.293. The summed E-state index contributed by atoms with van der Waals surface area (Å²) in [5, 5.41) is 0. The summed E-state index contributed by atoms with van der Waals surface area (Å²) < 4.78 is 0. The Bertz CT molecular complexity index is 67.4. The van der Waals surface area contributed by atoms with E-state index in [1.165, 1.54) is 0 Å². The van der Waals surface area contributed by atoms with Crippen molar-refractivity contribution in [3.63, 3.8) is 0 Å². The number of hydrogen-bond donors (Lipinski definition) is 1. The Balaban J connectivity index is 2.98. The lowest BCUT2D eigenvalue weighted by Crippen LogP contribution is -2.24. The molecule has 1 unspecified atom stereocenters. The maximum Gasteiger partial charge on any atom is 0.137 e. The summed E-state index contributed by atoms with van der Waals surface area (Å²) in [6.07, 6.45) is 0.780. The van der Waals surface area contributed by atoms with Crippen molar-refractivity contribution < 1.29 is 4.79 Å². The van der Waals surface area contributed by atoms with Crippen LogP contribution in [0.3, 0.4) is 0 Å². The lowest BCUT2D eigenvalue weighted by Gasteiger charge is -1.98. The van der Waals surface area contributed by atoms with E-state index < -0.39 is 0 Å². The number of rotatable bonds is 4. The molecule has 0 rings (SSSR count). The number of thioether (sulfide) groups is 1. The molecule has 0 saturated carbocycles. The van der Waals surface area contributed by atoms with Gasteiger partial charge in [0.05, 0.1) is 6.04 Å². The highest BCUT2D eigenvalue weighted by Crippen LogP contribution is 1.97. The van der Waals surface area contributed by atoms with Gasteiger partial charge >= 0.3 is 0 Å². The van der Waals surface area contributed by atoms with Crippen molar-refractivity contribution in [3.8, 4) is 0 Å². The van der Waals surface area contributed by atoms with E-state index in [-0.39, 0.29) is 6.04 Å². The normalized spacial score (nSPS) is 13.2. The van der Waals surface area contributed by atoms with Crippen molar-refractivity contribution in [1.82, 2.24) is 0 Å². The second kappa shape index (κ2) is 5.12. The van der Waals surface area contributed by atoms with E-state index in [0.29, 0.717) is 0 Å². The van der Waals surface area contributed by atoms with Gasteiger partial charge in [-0.15, -0.1) is 0 Å².